The Morgan fingerprint density at radius 2 is 1.00 bits per heavy atom. The van der Waals surface area contributed by atoms with Crippen molar-refractivity contribution in [1.82, 2.24) is 4.57 Å². The van der Waals surface area contributed by atoms with E-state index in [0.717, 1.165) is 39.0 Å². The molecule has 57 heavy (non-hydrogen) atoms. The van der Waals surface area contributed by atoms with Gasteiger partial charge in [-0.15, -0.1) is 0 Å². The van der Waals surface area contributed by atoms with Gasteiger partial charge in [-0.1, -0.05) is 112 Å². The topological polar surface area (TPSA) is 21.3 Å². The van der Waals surface area contributed by atoms with Crippen LogP contribution in [0.25, 0.3) is 93.2 Å². The molecule has 2 heterocycles. The number of benzene rings is 9. The normalized spacial score (nSPS) is 12.5. The highest BCUT2D eigenvalue weighted by Crippen LogP contribution is 2.51. The maximum absolute atomic E-state index is 6.63. The SMILES string of the molecule is CC(C)(C)c1cccc(N(c2ccc3cc4c(cc3c2)-c2cc3ccc(-n5c6ccccc6c6ccccc65)cc3cc2-4)c2cccc3c2oc2ccccc23)c1. The first kappa shape index (κ1) is 32.2. The van der Waals surface area contributed by atoms with Crippen LogP contribution in [0.1, 0.15) is 26.3 Å². The summed E-state index contributed by atoms with van der Waals surface area (Å²) in [5, 5.41) is 9.76. The highest BCUT2D eigenvalue weighted by atomic mass is 16.3. The number of anilines is 3. The van der Waals surface area contributed by atoms with E-state index >= 15 is 0 Å². The van der Waals surface area contributed by atoms with Crippen molar-refractivity contribution in [2.24, 2.45) is 0 Å². The van der Waals surface area contributed by atoms with Gasteiger partial charge in [0.1, 0.15) is 5.58 Å². The van der Waals surface area contributed by atoms with Crippen molar-refractivity contribution < 1.29 is 4.42 Å². The molecule has 0 unspecified atom stereocenters. The highest BCUT2D eigenvalue weighted by molar-refractivity contribution is 6.14. The molecule has 2 aromatic heterocycles. The average Bonchev–Trinajstić information content (AvgIpc) is 3.79. The predicted octanol–water partition coefficient (Wildman–Crippen LogP) is 15.4. The first-order valence-electron chi connectivity index (χ1n) is 19.8. The molecule has 0 saturated carbocycles. The van der Waals surface area contributed by atoms with Gasteiger partial charge in [-0.05, 0) is 140 Å². The minimum Gasteiger partial charge on any atom is -0.454 e. The Bertz CT molecular complexity index is 3410. The number of nitrogens with zero attached hydrogens (tertiary/aromatic N) is 2. The van der Waals surface area contributed by atoms with Gasteiger partial charge in [0.15, 0.2) is 5.58 Å². The standard InChI is InChI=1S/C54H38N2O/c1-54(2,3)37-12-10-13-38(32-37)55(51-20-11-17-44-43-16-6-9-21-52(43)57-53(44)51)39-24-22-33-28-45-47(30-35(33)26-39)46-29-34-23-25-40(27-36(34)31-48(45)46)56-49-18-7-4-14-41(49)42-15-5-8-19-50(42)56/h4-32H,1-3H3. The van der Waals surface area contributed by atoms with E-state index in [-0.39, 0.29) is 5.41 Å². The van der Waals surface area contributed by atoms with Crippen LogP contribution in [0.3, 0.4) is 0 Å². The van der Waals surface area contributed by atoms with E-state index in [1.807, 2.05) is 6.07 Å². The molecule has 0 N–H and O–H groups in total. The third-order valence-corrected chi connectivity index (χ3v) is 12.2. The van der Waals surface area contributed by atoms with E-state index in [9.17, 15) is 0 Å². The van der Waals surface area contributed by atoms with Crippen molar-refractivity contribution in [2.45, 2.75) is 26.2 Å². The van der Waals surface area contributed by atoms with Crippen molar-refractivity contribution in [3.63, 3.8) is 0 Å². The molecule has 0 amide bonds. The van der Waals surface area contributed by atoms with Gasteiger partial charge in [0.2, 0.25) is 0 Å². The van der Waals surface area contributed by atoms with Crippen LogP contribution >= 0.6 is 0 Å². The number of rotatable bonds is 4. The summed E-state index contributed by atoms with van der Waals surface area (Å²) >= 11 is 0. The molecule has 0 radical (unpaired) electrons. The fourth-order valence-electron chi connectivity index (χ4n) is 9.33. The second-order valence-corrected chi connectivity index (χ2v) is 16.6. The molecule has 0 fully saturated rings. The molecule has 3 nitrogen and oxygen atoms in total. The minimum atomic E-state index is 0.00288. The van der Waals surface area contributed by atoms with Crippen LogP contribution in [0.15, 0.2) is 180 Å². The van der Waals surface area contributed by atoms with Gasteiger partial charge in [-0.25, -0.2) is 0 Å². The molecule has 9 aromatic carbocycles. The number of hydrogen-bond donors (Lipinski definition) is 0. The van der Waals surface area contributed by atoms with Crippen molar-refractivity contribution in [2.75, 3.05) is 4.90 Å². The minimum absolute atomic E-state index is 0.00288. The van der Waals surface area contributed by atoms with Crippen LogP contribution in [0, 0.1) is 0 Å². The Morgan fingerprint density at radius 3 is 1.70 bits per heavy atom. The summed E-state index contributed by atoms with van der Waals surface area (Å²) < 4.78 is 9.04. The number of aromatic nitrogens is 1. The molecule has 1 aliphatic carbocycles. The Hall–Kier alpha value is -7.10. The molecule has 0 aliphatic heterocycles. The highest BCUT2D eigenvalue weighted by Gasteiger charge is 2.26. The summed E-state index contributed by atoms with van der Waals surface area (Å²) in [6.07, 6.45) is 0. The van der Waals surface area contributed by atoms with E-state index in [1.165, 1.54) is 76.9 Å². The third kappa shape index (κ3) is 4.79. The Labute approximate surface area is 330 Å². The van der Waals surface area contributed by atoms with Gasteiger partial charge < -0.3 is 13.9 Å². The quantitative estimate of drug-likeness (QED) is 0.180. The van der Waals surface area contributed by atoms with Gasteiger partial charge in [0.05, 0.1) is 16.7 Å². The van der Waals surface area contributed by atoms with Crippen LogP contribution in [-0.4, -0.2) is 4.57 Å². The Kier molecular flexibility index (Phi) is 6.61. The smallest absolute Gasteiger partial charge is 0.159 e. The number of furan rings is 1. The molecule has 270 valence electrons. The molecule has 3 heteroatoms. The molecular formula is C54H38N2O. The third-order valence-electron chi connectivity index (χ3n) is 12.2. The van der Waals surface area contributed by atoms with Crippen molar-refractivity contribution in [3.8, 4) is 27.9 Å². The van der Waals surface area contributed by atoms with E-state index in [0.29, 0.717) is 0 Å². The molecular weight excluding hydrogens is 693 g/mol. The molecule has 11 aromatic rings. The Balaban J connectivity index is 0.983. The van der Waals surface area contributed by atoms with Crippen LogP contribution < -0.4 is 4.90 Å². The van der Waals surface area contributed by atoms with Crippen molar-refractivity contribution >= 4 is 82.4 Å². The first-order valence-corrected chi connectivity index (χ1v) is 19.8. The molecule has 0 spiro atoms. The summed E-state index contributed by atoms with van der Waals surface area (Å²) in [5.74, 6) is 0. The molecule has 12 rings (SSSR count). The number of fused-ring (bicyclic) bond motifs is 12. The van der Waals surface area contributed by atoms with Crippen LogP contribution in [0.5, 0.6) is 0 Å². The van der Waals surface area contributed by atoms with Gasteiger partial charge >= 0.3 is 0 Å². The van der Waals surface area contributed by atoms with Crippen LogP contribution in [0.4, 0.5) is 17.1 Å². The van der Waals surface area contributed by atoms with Gasteiger partial charge in [-0.2, -0.15) is 0 Å². The summed E-state index contributed by atoms with van der Waals surface area (Å²) in [5.41, 5.74) is 15.2. The second kappa shape index (κ2) is 11.7. The number of para-hydroxylation sites is 4. The summed E-state index contributed by atoms with van der Waals surface area (Å²) in [7, 11) is 0. The lowest BCUT2D eigenvalue weighted by Crippen LogP contribution is -2.14. The Morgan fingerprint density at radius 1 is 0.439 bits per heavy atom. The van der Waals surface area contributed by atoms with Crippen LogP contribution in [0.2, 0.25) is 0 Å². The largest absolute Gasteiger partial charge is 0.454 e. The maximum atomic E-state index is 6.63. The number of hydrogen-bond acceptors (Lipinski definition) is 2. The molecule has 0 bridgehead atoms. The van der Waals surface area contributed by atoms with Crippen LogP contribution in [-0.2, 0) is 5.41 Å². The zero-order valence-corrected chi connectivity index (χ0v) is 32.0. The maximum Gasteiger partial charge on any atom is 0.159 e. The van der Waals surface area contributed by atoms with Gasteiger partial charge in [0, 0.05) is 38.6 Å². The van der Waals surface area contributed by atoms with Crippen molar-refractivity contribution in [3.05, 3.63) is 181 Å². The average molecular weight is 731 g/mol. The monoisotopic (exact) mass is 730 g/mol. The summed E-state index contributed by atoms with van der Waals surface area (Å²) in [4.78, 5) is 2.37. The van der Waals surface area contributed by atoms with E-state index in [2.05, 4.69) is 200 Å². The van der Waals surface area contributed by atoms with E-state index in [1.54, 1.807) is 0 Å². The summed E-state index contributed by atoms with van der Waals surface area (Å²) in [6, 6.07) is 64.6. The summed E-state index contributed by atoms with van der Waals surface area (Å²) in [6.45, 7) is 6.82. The zero-order valence-electron chi connectivity index (χ0n) is 32.0. The van der Waals surface area contributed by atoms with Crippen molar-refractivity contribution in [1.29, 1.82) is 0 Å². The van der Waals surface area contributed by atoms with E-state index in [4.69, 9.17) is 4.42 Å². The van der Waals surface area contributed by atoms with Gasteiger partial charge in [0.25, 0.3) is 0 Å². The molecule has 0 saturated heterocycles. The first-order chi connectivity index (χ1) is 27.9. The predicted molar refractivity (Wildman–Crippen MR) is 241 cm³/mol. The fraction of sp³-hybridized carbons (Fsp3) is 0.0741. The lowest BCUT2D eigenvalue weighted by atomic mass is 9.78. The second-order valence-electron chi connectivity index (χ2n) is 16.6. The lowest BCUT2D eigenvalue weighted by molar-refractivity contribution is 0.590. The van der Waals surface area contributed by atoms with E-state index < -0.39 is 0 Å². The molecule has 0 atom stereocenters. The van der Waals surface area contributed by atoms with Gasteiger partial charge in [-0.3, -0.25) is 0 Å². The lowest BCUT2D eigenvalue weighted by Gasteiger charge is -2.29. The fourth-order valence-corrected chi connectivity index (χ4v) is 9.33. The molecule has 1 aliphatic rings. The zero-order chi connectivity index (χ0) is 38.0.